The van der Waals surface area contributed by atoms with Crippen LogP contribution in [0.15, 0.2) is 42.5 Å². The maximum Gasteiger partial charge on any atom is 0.229 e. The highest BCUT2D eigenvalue weighted by molar-refractivity contribution is 6.31. The van der Waals surface area contributed by atoms with E-state index in [-0.39, 0.29) is 24.2 Å². The highest BCUT2D eigenvalue weighted by Gasteiger charge is 2.33. The van der Waals surface area contributed by atoms with Gasteiger partial charge in [-0.2, -0.15) is 0 Å². The SMILES string of the molecule is CCOc1ccc(Oc2ccc(Cl)cc2NC(=O)[C@@H]2CC(=O)N(CC)C2)cc1. The molecule has 0 bridgehead atoms. The molecule has 2 aromatic rings. The lowest BCUT2D eigenvalue weighted by molar-refractivity contribution is -0.128. The largest absolute Gasteiger partial charge is 0.494 e. The number of likely N-dealkylation sites (tertiary alicyclic amines) is 1. The molecule has 148 valence electrons. The molecule has 2 amide bonds. The number of ether oxygens (including phenoxy) is 2. The van der Waals surface area contributed by atoms with Crippen molar-refractivity contribution in [3.05, 3.63) is 47.5 Å². The van der Waals surface area contributed by atoms with Gasteiger partial charge in [0.25, 0.3) is 0 Å². The molecule has 7 heteroatoms. The third-order valence-corrected chi connectivity index (χ3v) is 4.76. The van der Waals surface area contributed by atoms with Gasteiger partial charge in [-0.15, -0.1) is 0 Å². The summed E-state index contributed by atoms with van der Waals surface area (Å²) >= 11 is 6.10. The topological polar surface area (TPSA) is 67.9 Å². The molecule has 1 heterocycles. The smallest absolute Gasteiger partial charge is 0.229 e. The van der Waals surface area contributed by atoms with Crippen LogP contribution < -0.4 is 14.8 Å². The van der Waals surface area contributed by atoms with Crippen molar-refractivity contribution >= 4 is 29.1 Å². The molecule has 0 radical (unpaired) electrons. The van der Waals surface area contributed by atoms with E-state index in [2.05, 4.69) is 5.32 Å². The van der Waals surface area contributed by atoms with E-state index in [1.807, 2.05) is 26.0 Å². The minimum absolute atomic E-state index is 0.000365. The van der Waals surface area contributed by atoms with Crippen LogP contribution in [0.2, 0.25) is 5.02 Å². The summed E-state index contributed by atoms with van der Waals surface area (Å²) in [7, 11) is 0. The maximum atomic E-state index is 12.6. The Labute approximate surface area is 169 Å². The molecule has 1 aliphatic rings. The van der Waals surface area contributed by atoms with Gasteiger partial charge in [0.2, 0.25) is 11.8 Å². The van der Waals surface area contributed by atoms with Crippen molar-refractivity contribution in [2.75, 3.05) is 25.0 Å². The predicted octanol–water partition coefficient (Wildman–Crippen LogP) is 4.34. The first kappa shape index (κ1) is 20.0. The maximum absolute atomic E-state index is 12.6. The van der Waals surface area contributed by atoms with Crippen molar-refractivity contribution in [1.82, 2.24) is 4.90 Å². The molecule has 2 aromatic carbocycles. The van der Waals surface area contributed by atoms with Crippen molar-refractivity contribution in [3.8, 4) is 17.2 Å². The van der Waals surface area contributed by atoms with Gasteiger partial charge < -0.3 is 19.7 Å². The molecular weight excluding hydrogens is 380 g/mol. The van der Waals surface area contributed by atoms with Crippen LogP contribution in [0.25, 0.3) is 0 Å². The number of carbonyl (C=O) groups excluding carboxylic acids is 2. The van der Waals surface area contributed by atoms with Crippen molar-refractivity contribution in [3.63, 3.8) is 0 Å². The number of carbonyl (C=O) groups is 2. The normalized spacial score (nSPS) is 16.2. The van der Waals surface area contributed by atoms with Crippen LogP contribution in [-0.4, -0.2) is 36.4 Å². The van der Waals surface area contributed by atoms with Gasteiger partial charge in [0.05, 0.1) is 18.2 Å². The van der Waals surface area contributed by atoms with Crippen LogP contribution in [0, 0.1) is 5.92 Å². The third-order valence-electron chi connectivity index (χ3n) is 4.53. The first-order valence-corrected chi connectivity index (χ1v) is 9.66. The van der Waals surface area contributed by atoms with Crippen molar-refractivity contribution < 1.29 is 19.1 Å². The van der Waals surface area contributed by atoms with Crippen LogP contribution in [0.1, 0.15) is 20.3 Å². The fourth-order valence-corrected chi connectivity index (χ4v) is 3.25. The van der Waals surface area contributed by atoms with Crippen LogP contribution in [0.5, 0.6) is 17.2 Å². The Hall–Kier alpha value is -2.73. The van der Waals surface area contributed by atoms with Gasteiger partial charge >= 0.3 is 0 Å². The van der Waals surface area contributed by atoms with Gasteiger partial charge in [-0.3, -0.25) is 9.59 Å². The zero-order chi connectivity index (χ0) is 20.1. The molecule has 3 rings (SSSR count). The second-order valence-corrected chi connectivity index (χ2v) is 6.91. The lowest BCUT2D eigenvalue weighted by Gasteiger charge is -2.16. The molecule has 0 aromatic heterocycles. The number of rotatable bonds is 7. The second-order valence-electron chi connectivity index (χ2n) is 6.47. The Kier molecular flexibility index (Phi) is 6.41. The van der Waals surface area contributed by atoms with E-state index in [1.54, 1.807) is 35.2 Å². The Bertz CT molecular complexity index is 854. The van der Waals surface area contributed by atoms with E-state index in [1.165, 1.54) is 0 Å². The molecular formula is C21H23ClN2O4. The van der Waals surface area contributed by atoms with E-state index >= 15 is 0 Å². The van der Waals surface area contributed by atoms with Gasteiger partial charge in [-0.25, -0.2) is 0 Å². The van der Waals surface area contributed by atoms with Gasteiger partial charge in [-0.05, 0) is 56.3 Å². The number of nitrogens with zero attached hydrogens (tertiary/aromatic N) is 1. The average Bonchev–Trinajstić information content (AvgIpc) is 3.06. The lowest BCUT2D eigenvalue weighted by atomic mass is 10.1. The lowest BCUT2D eigenvalue weighted by Crippen LogP contribution is -2.28. The summed E-state index contributed by atoms with van der Waals surface area (Å²) in [5, 5.41) is 3.34. The fraction of sp³-hybridized carbons (Fsp3) is 0.333. The first-order chi connectivity index (χ1) is 13.5. The molecule has 0 spiro atoms. The number of anilines is 1. The Morgan fingerprint density at radius 1 is 1.18 bits per heavy atom. The molecule has 1 fully saturated rings. The van der Waals surface area contributed by atoms with Gasteiger partial charge in [0, 0.05) is 24.5 Å². The minimum Gasteiger partial charge on any atom is -0.494 e. The summed E-state index contributed by atoms with van der Waals surface area (Å²) in [6, 6.07) is 12.2. The molecule has 0 unspecified atom stereocenters. The zero-order valence-corrected chi connectivity index (χ0v) is 16.7. The van der Waals surface area contributed by atoms with Crippen molar-refractivity contribution in [2.24, 2.45) is 5.92 Å². The van der Waals surface area contributed by atoms with Gasteiger partial charge in [-0.1, -0.05) is 11.6 Å². The van der Waals surface area contributed by atoms with E-state index < -0.39 is 0 Å². The zero-order valence-electron chi connectivity index (χ0n) is 15.9. The summed E-state index contributed by atoms with van der Waals surface area (Å²) in [5.74, 6) is 1.23. The van der Waals surface area contributed by atoms with Gasteiger partial charge in [0.1, 0.15) is 11.5 Å². The first-order valence-electron chi connectivity index (χ1n) is 9.29. The summed E-state index contributed by atoms with van der Waals surface area (Å²) in [4.78, 5) is 26.2. The fourth-order valence-electron chi connectivity index (χ4n) is 3.07. The number of hydrogen-bond donors (Lipinski definition) is 1. The predicted molar refractivity (Wildman–Crippen MR) is 108 cm³/mol. The molecule has 1 aliphatic heterocycles. The summed E-state index contributed by atoms with van der Waals surface area (Å²) in [5.41, 5.74) is 0.466. The highest BCUT2D eigenvalue weighted by atomic mass is 35.5. The Morgan fingerprint density at radius 2 is 1.89 bits per heavy atom. The summed E-state index contributed by atoms with van der Waals surface area (Å²) in [6.07, 6.45) is 0.218. The van der Waals surface area contributed by atoms with Gasteiger partial charge in [0.15, 0.2) is 5.75 Å². The average molecular weight is 403 g/mol. The molecule has 1 N–H and O–H groups in total. The third kappa shape index (κ3) is 4.75. The minimum atomic E-state index is -0.384. The number of halogens is 1. The van der Waals surface area contributed by atoms with Crippen molar-refractivity contribution in [2.45, 2.75) is 20.3 Å². The van der Waals surface area contributed by atoms with E-state index in [4.69, 9.17) is 21.1 Å². The number of benzene rings is 2. The molecule has 0 aliphatic carbocycles. The Balaban J connectivity index is 1.73. The number of amides is 2. The highest BCUT2D eigenvalue weighted by Crippen LogP contribution is 2.33. The molecule has 28 heavy (non-hydrogen) atoms. The van der Waals surface area contributed by atoms with Crippen LogP contribution in [-0.2, 0) is 9.59 Å². The second kappa shape index (κ2) is 8.97. The van der Waals surface area contributed by atoms with Crippen molar-refractivity contribution in [1.29, 1.82) is 0 Å². The summed E-state index contributed by atoms with van der Waals surface area (Å²) < 4.78 is 11.3. The van der Waals surface area contributed by atoms with Crippen LogP contribution >= 0.6 is 11.6 Å². The molecule has 0 saturated carbocycles. The number of nitrogens with one attached hydrogen (secondary N) is 1. The molecule has 6 nitrogen and oxygen atoms in total. The molecule has 1 atom stereocenters. The van der Waals surface area contributed by atoms with E-state index in [9.17, 15) is 9.59 Å². The Morgan fingerprint density at radius 3 is 2.54 bits per heavy atom. The van der Waals surface area contributed by atoms with E-state index in [0.717, 1.165) is 5.75 Å². The quantitative estimate of drug-likeness (QED) is 0.748. The van der Waals surface area contributed by atoms with Crippen LogP contribution in [0.3, 0.4) is 0 Å². The monoisotopic (exact) mass is 402 g/mol. The standard InChI is InChI=1S/C21H23ClN2O4/c1-3-24-13-14(11-20(24)25)21(26)23-18-12-15(22)5-10-19(18)28-17-8-6-16(7-9-17)27-4-2/h5-10,12,14H,3-4,11,13H2,1-2H3,(H,23,26)/t14-/m1/s1. The van der Waals surface area contributed by atoms with E-state index in [0.29, 0.717) is 41.9 Å². The molecule has 1 saturated heterocycles. The summed E-state index contributed by atoms with van der Waals surface area (Å²) in [6.45, 7) is 5.44. The van der Waals surface area contributed by atoms with Crippen LogP contribution in [0.4, 0.5) is 5.69 Å². The number of hydrogen-bond acceptors (Lipinski definition) is 4.